The van der Waals surface area contributed by atoms with E-state index in [0.717, 1.165) is 11.0 Å². The van der Waals surface area contributed by atoms with Crippen molar-refractivity contribution < 1.29 is 22.2 Å². The molecule has 2 aromatic rings. The minimum Gasteiger partial charge on any atom is -0.351 e. The van der Waals surface area contributed by atoms with Gasteiger partial charge in [-0.15, -0.1) is 0 Å². The zero-order valence-corrected chi connectivity index (χ0v) is 17.0. The van der Waals surface area contributed by atoms with Crippen LogP contribution >= 0.6 is 0 Å². The summed E-state index contributed by atoms with van der Waals surface area (Å²) >= 11 is 0. The Kier molecular flexibility index (Phi) is 6.51. The van der Waals surface area contributed by atoms with E-state index in [4.69, 9.17) is 0 Å². The van der Waals surface area contributed by atoms with Crippen LogP contribution in [0.5, 0.6) is 0 Å². The molecule has 0 aliphatic heterocycles. The Hall–Kier alpha value is -2.80. The van der Waals surface area contributed by atoms with Crippen LogP contribution in [0.25, 0.3) is 0 Å². The molecule has 148 valence electrons. The van der Waals surface area contributed by atoms with Crippen LogP contribution in [0.1, 0.15) is 25.0 Å². The van der Waals surface area contributed by atoms with Gasteiger partial charge in [0.2, 0.25) is 15.7 Å². The summed E-state index contributed by atoms with van der Waals surface area (Å²) in [5.74, 6) is -0.548. The summed E-state index contributed by atoms with van der Waals surface area (Å²) < 4.78 is 38.9. The number of hydrogen-bond acceptors (Lipinski definition) is 3. The number of carbonyl (C=O) groups excluding carboxylic acids is 1. The van der Waals surface area contributed by atoms with Crippen molar-refractivity contribution in [1.82, 2.24) is 5.32 Å². The maximum atomic E-state index is 13.0. The number of hydrogen-bond donors (Lipinski definition) is 1. The van der Waals surface area contributed by atoms with Gasteiger partial charge in [-0.25, -0.2) is 17.4 Å². The van der Waals surface area contributed by atoms with Gasteiger partial charge in [-0.1, -0.05) is 24.3 Å². The van der Waals surface area contributed by atoms with Crippen LogP contribution in [-0.2, 0) is 26.6 Å². The highest BCUT2D eigenvalue weighted by Crippen LogP contribution is 2.25. The Morgan fingerprint density at radius 3 is 2.25 bits per heavy atom. The van der Waals surface area contributed by atoms with Crippen LogP contribution in [0.15, 0.2) is 65.0 Å². The Balaban J connectivity index is 2.13. The Morgan fingerprint density at radius 2 is 1.71 bits per heavy atom. The lowest BCUT2D eigenvalue weighted by molar-refractivity contribution is -0.411. The maximum Gasteiger partial charge on any atom is 0.230 e. The molecule has 0 saturated heterocycles. The van der Waals surface area contributed by atoms with E-state index in [1.54, 1.807) is 45.2 Å². The monoisotopic (exact) mass is 403 g/mol. The van der Waals surface area contributed by atoms with Crippen molar-refractivity contribution in [2.75, 3.05) is 7.05 Å². The second kappa shape index (κ2) is 8.48. The molecule has 0 saturated carbocycles. The highest BCUT2D eigenvalue weighted by molar-refractivity contribution is 7.94. The second-order valence-electron chi connectivity index (χ2n) is 7.05. The van der Waals surface area contributed by atoms with E-state index in [0.29, 0.717) is 5.56 Å². The van der Waals surface area contributed by atoms with Crippen LogP contribution in [0.3, 0.4) is 0 Å². The second-order valence-corrected chi connectivity index (χ2v) is 8.88. The van der Waals surface area contributed by atoms with E-state index < -0.39 is 15.3 Å². The maximum absolute atomic E-state index is 13.0. The molecule has 0 fully saturated rings. The van der Waals surface area contributed by atoms with Crippen molar-refractivity contribution in [3.8, 4) is 0 Å². The standard InChI is InChI=1S/C21H23FN2O3S/c1-21(2,20(25)23-15-16-5-9-18(22)10-6-16)17-7-11-19(12-8-17)28(26,27)14-13-24(3)4/h5-14H,3,15H2,1-2,4H3/p+1. The number of nitrogens with zero attached hydrogens (tertiary/aromatic N) is 1. The highest BCUT2D eigenvalue weighted by Gasteiger charge is 2.29. The van der Waals surface area contributed by atoms with Crippen molar-refractivity contribution in [3.05, 3.63) is 77.1 Å². The molecule has 0 radical (unpaired) electrons. The number of sulfone groups is 1. The van der Waals surface area contributed by atoms with E-state index in [2.05, 4.69) is 12.0 Å². The van der Waals surface area contributed by atoms with Crippen molar-refractivity contribution in [2.45, 2.75) is 30.7 Å². The predicted octanol–water partition coefficient (Wildman–Crippen LogP) is 3.01. The van der Waals surface area contributed by atoms with Gasteiger partial charge >= 0.3 is 0 Å². The van der Waals surface area contributed by atoms with Crippen LogP contribution < -0.4 is 5.32 Å². The lowest BCUT2D eigenvalue weighted by atomic mass is 9.83. The molecule has 0 unspecified atom stereocenters. The fourth-order valence-corrected chi connectivity index (χ4v) is 3.50. The van der Waals surface area contributed by atoms with E-state index in [-0.39, 0.29) is 23.2 Å². The van der Waals surface area contributed by atoms with Crippen LogP contribution in [0.2, 0.25) is 0 Å². The molecule has 5 nitrogen and oxygen atoms in total. The predicted molar refractivity (Wildman–Crippen MR) is 107 cm³/mol. The quantitative estimate of drug-likeness (QED) is 0.571. The number of rotatable bonds is 7. The largest absolute Gasteiger partial charge is 0.351 e. The van der Waals surface area contributed by atoms with Crippen molar-refractivity contribution in [1.29, 1.82) is 0 Å². The summed E-state index contributed by atoms with van der Waals surface area (Å²) in [5, 5.41) is 3.91. The minimum absolute atomic E-state index is 0.136. The van der Waals surface area contributed by atoms with Gasteiger partial charge in [-0.05, 0) is 49.2 Å². The SMILES string of the molecule is C=[N+](C)C=CS(=O)(=O)c1ccc(C(C)(C)C(=O)NCc2ccc(F)cc2)cc1. The van der Waals surface area contributed by atoms with Crippen molar-refractivity contribution in [3.63, 3.8) is 0 Å². The zero-order valence-electron chi connectivity index (χ0n) is 16.1. The molecular weight excluding hydrogens is 379 g/mol. The molecule has 0 aliphatic carbocycles. The molecule has 1 amide bonds. The molecule has 1 N–H and O–H groups in total. The first-order valence-electron chi connectivity index (χ1n) is 8.62. The third-order valence-corrected chi connectivity index (χ3v) is 5.74. The molecule has 0 aliphatic rings. The average molecular weight is 403 g/mol. The van der Waals surface area contributed by atoms with Gasteiger partial charge in [0.1, 0.15) is 19.6 Å². The first-order chi connectivity index (χ1) is 13.0. The van der Waals surface area contributed by atoms with E-state index >= 15 is 0 Å². The summed E-state index contributed by atoms with van der Waals surface area (Å²) in [7, 11) is -1.95. The Labute approximate surface area is 165 Å². The van der Waals surface area contributed by atoms with Gasteiger partial charge in [-0.2, -0.15) is 0 Å². The van der Waals surface area contributed by atoms with Gasteiger partial charge in [0.15, 0.2) is 6.20 Å². The first-order valence-corrected chi connectivity index (χ1v) is 10.2. The summed E-state index contributed by atoms with van der Waals surface area (Å²) in [5.41, 5.74) is 0.599. The van der Waals surface area contributed by atoms with Gasteiger partial charge in [-0.3, -0.25) is 4.79 Å². The number of amides is 1. The summed E-state index contributed by atoms with van der Waals surface area (Å²) in [6, 6.07) is 12.1. The van der Waals surface area contributed by atoms with Crippen molar-refractivity contribution >= 4 is 22.5 Å². The van der Waals surface area contributed by atoms with Gasteiger partial charge < -0.3 is 5.32 Å². The van der Waals surface area contributed by atoms with E-state index in [9.17, 15) is 17.6 Å². The Bertz CT molecular complexity index is 993. The molecule has 7 heteroatoms. The molecule has 0 aromatic heterocycles. The topological polar surface area (TPSA) is 66.2 Å². The third-order valence-electron chi connectivity index (χ3n) is 4.33. The molecule has 0 bridgehead atoms. The number of nitrogens with one attached hydrogen (secondary N) is 1. The third kappa shape index (κ3) is 5.36. The van der Waals surface area contributed by atoms with Crippen LogP contribution in [0, 0.1) is 5.82 Å². The summed E-state index contributed by atoms with van der Waals surface area (Å²) in [6.45, 7) is 7.36. The molecule has 28 heavy (non-hydrogen) atoms. The summed E-state index contributed by atoms with van der Waals surface area (Å²) in [4.78, 5) is 12.8. The fourth-order valence-electron chi connectivity index (χ4n) is 2.46. The van der Waals surface area contributed by atoms with E-state index in [1.165, 1.54) is 35.0 Å². The Morgan fingerprint density at radius 1 is 1.14 bits per heavy atom. The first kappa shape index (κ1) is 21.5. The molecule has 0 spiro atoms. The highest BCUT2D eigenvalue weighted by atomic mass is 32.2. The molecule has 2 rings (SSSR count). The molecule has 2 aromatic carbocycles. The van der Waals surface area contributed by atoms with Crippen molar-refractivity contribution in [2.24, 2.45) is 0 Å². The lowest BCUT2D eigenvalue weighted by Crippen LogP contribution is -2.39. The van der Waals surface area contributed by atoms with E-state index in [1.807, 2.05) is 0 Å². The van der Waals surface area contributed by atoms with Crippen LogP contribution in [0.4, 0.5) is 4.39 Å². The normalized spacial score (nSPS) is 12.1. The average Bonchev–Trinajstić information content (AvgIpc) is 2.66. The molecular formula is C21H24FN2O3S+. The van der Waals surface area contributed by atoms with Gasteiger partial charge in [0.05, 0.1) is 15.7 Å². The molecule has 0 heterocycles. The van der Waals surface area contributed by atoms with Gasteiger partial charge in [0, 0.05) is 6.54 Å². The summed E-state index contributed by atoms with van der Waals surface area (Å²) in [6.07, 6.45) is 1.36. The number of halogens is 1. The molecule has 0 atom stereocenters. The van der Waals surface area contributed by atoms with Crippen LogP contribution in [-0.4, -0.2) is 32.7 Å². The number of benzene rings is 2. The fraction of sp³-hybridized carbons (Fsp3) is 0.238. The lowest BCUT2D eigenvalue weighted by Gasteiger charge is -2.24. The zero-order chi connectivity index (χ0) is 20.9. The minimum atomic E-state index is -3.58. The smallest absolute Gasteiger partial charge is 0.230 e. The number of carbonyl (C=O) groups is 1. The van der Waals surface area contributed by atoms with Gasteiger partial charge in [0.25, 0.3) is 0 Å².